The standard InChI is InChI=1S/C7H3BrClF4NO/c8-2-1-3(15-7(11,12)13)6(14)4(9)5(2)10/h1H,14H2. The van der Waals surface area contributed by atoms with E-state index in [9.17, 15) is 17.6 Å². The minimum Gasteiger partial charge on any atom is -0.403 e. The molecule has 84 valence electrons. The molecule has 0 unspecified atom stereocenters. The van der Waals surface area contributed by atoms with Gasteiger partial charge in [0.25, 0.3) is 0 Å². The van der Waals surface area contributed by atoms with Gasteiger partial charge in [0.15, 0.2) is 11.6 Å². The van der Waals surface area contributed by atoms with E-state index in [2.05, 4.69) is 20.7 Å². The molecule has 0 aliphatic carbocycles. The molecule has 0 bridgehead atoms. The summed E-state index contributed by atoms with van der Waals surface area (Å²) in [5.74, 6) is -1.69. The van der Waals surface area contributed by atoms with Crippen LogP contribution in [0, 0.1) is 5.82 Å². The first-order valence-electron chi connectivity index (χ1n) is 3.41. The van der Waals surface area contributed by atoms with Gasteiger partial charge in [-0.15, -0.1) is 13.2 Å². The van der Waals surface area contributed by atoms with Crippen LogP contribution in [0.1, 0.15) is 0 Å². The van der Waals surface area contributed by atoms with E-state index in [0.717, 1.165) is 6.07 Å². The zero-order valence-corrected chi connectivity index (χ0v) is 9.17. The lowest BCUT2D eigenvalue weighted by Crippen LogP contribution is -2.18. The third kappa shape index (κ3) is 2.88. The molecule has 0 saturated heterocycles. The smallest absolute Gasteiger partial charge is 0.403 e. The molecule has 0 saturated carbocycles. The van der Waals surface area contributed by atoms with Crippen molar-refractivity contribution in [3.05, 3.63) is 21.4 Å². The lowest BCUT2D eigenvalue weighted by Gasteiger charge is -2.12. The van der Waals surface area contributed by atoms with Crippen molar-refractivity contribution in [3.63, 3.8) is 0 Å². The van der Waals surface area contributed by atoms with Gasteiger partial charge < -0.3 is 10.5 Å². The average molecular weight is 308 g/mol. The van der Waals surface area contributed by atoms with Gasteiger partial charge in [-0.05, 0) is 22.0 Å². The van der Waals surface area contributed by atoms with Crippen molar-refractivity contribution >= 4 is 33.2 Å². The van der Waals surface area contributed by atoms with E-state index in [-0.39, 0.29) is 4.47 Å². The molecule has 1 aromatic rings. The van der Waals surface area contributed by atoms with Crippen molar-refractivity contribution in [1.29, 1.82) is 0 Å². The molecule has 8 heteroatoms. The molecule has 0 fully saturated rings. The summed E-state index contributed by atoms with van der Waals surface area (Å²) in [7, 11) is 0. The number of hydrogen-bond donors (Lipinski definition) is 1. The number of benzene rings is 1. The van der Waals surface area contributed by atoms with Gasteiger partial charge in [-0.25, -0.2) is 4.39 Å². The maximum absolute atomic E-state index is 13.0. The monoisotopic (exact) mass is 307 g/mol. The molecule has 0 amide bonds. The molecule has 1 rings (SSSR count). The number of ether oxygens (including phenoxy) is 1. The Morgan fingerprint density at radius 2 is 1.93 bits per heavy atom. The summed E-state index contributed by atoms with van der Waals surface area (Å²) in [5, 5.41) is -0.622. The predicted molar refractivity (Wildman–Crippen MR) is 50.2 cm³/mol. The van der Waals surface area contributed by atoms with Crippen LogP contribution >= 0.6 is 27.5 Å². The number of rotatable bonds is 1. The fourth-order valence-corrected chi connectivity index (χ4v) is 1.51. The topological polar surface area (TPSA) is 35.2 Å². The van der Waals surface area contributed by atoms with Crippen molar-refractivity contribution in [2.24, 2.45) is 0 Å². The quantitative estimate of drug-likeness (QED) is 0.487. The summed E-state index contributed by atoms with van der Waals surface area (Å²) in [5.41, 5.74) is 4.54. The Balaban J connectivity index is 3.21. The highest BCUT2D eigenvalue weighted by Gasteiger charge is 2.33. The minimum absolute atomic E-state index is 0.263. The van der Waals surface area contributed by atoms with Gasteiger partial charge in [-0.2, -0.15) is 0 Å². The Morgan fingerprint density at radius 3 is 2.40 bits per heavy atom. The molecule has 0 aliphatic heterocycles. The first-order chi connectivity index (χ1) is 6.72. The Hall–Kier alpha value is -0.690. The number of nitrogens with two attached hydrogens (primary N) is 1. The van der Waals surface area contributed by atoms with Crippen LogP contribution in [0.25, 0.3) is 0 Å². The fraction of sp³-hybridized carbons (Fsp3) is 0.143. The van der Waals surface area contributed by atoms with Gasteiger partial charge in [0.05, 0.1) is 10.2 Å². The zero-order valence-electron chi connectivity index (χ0n) is 6.83. The van der Waals surface area contributed by atoms with Crippen LogP contribution in [0.5, 0.6) is 5.75 Å². The molecule has 0 aromatic heterocycles. The Labute approximate surface area is 95.1 Å². The highest BCUT2D eigenvalue weighted by Crippen LogP contribution is 2.38. The van der Waals surface area contributed by atoms with Crippen LogP contribution in [-0.4, -0.2) is 6.36 Å². The Kier molecular flexibility index (Phi) is 3.34. The molecule has 0 aliphatic rings. The summed E-state index contributed by atoms with van der Waals surface area (Å²) >= 11 is 8.02. The number of halogens is 6. The number of nitrogen functional groups attached to an aromatic ring is 1. The second-order valence-corrected chi connectivity index (χ2v) is 3.68. The van der Waals surface area contributed by atoms with E-state index in [1.165, 1.54) is 0 Å². The van der Waals surface area contributed by atoms with Crippen molar-refractivity contribution in [1.82, 2.24) is 0 Å². The molecule has 0 spiro atoms. The van der Waals surface area contributed by atoms with Crippen molar-refractivity contribution in [2.75, 3.05) is 5.73 Å². The third-order valence-corrected chi connectivity index (χ3v) is 2.33. The van der Waals surface area contributed by atoms with Crippen LogP contribution in [-0.2, 0) is 0 Å². The molecule has 15 heavy (non-hydrogen) atoms. The molecule has 2 N–H and O–H groups in total. The van der Waals surface area contributed by atoms with Crippen molar-refractivity contribution in [3.8, 4) is 5.75 Å². The van der Waals surface area contributed by atoms with Crippen LogP contribution in [0.4, 0.5) is 23.2 Å². The average Bonchev–Trinajstić information content (AvgIpc) is 2.08. The lowest BCUT2D eigenvalue weighted by atomic mass is 10.3. The summed E-state index contributed by atoms with van der Waals surface area (Å²) in [6, 6.07) is 0.754. The van der Waals surface area contributed by atoms with Gasteiger partial charge in [-0.1, -0.05) is 11.6 Å². The van der Waals surface area contributed by atoms with E-state index in [1.807, 2.05) is 0 Å². The maximum atomic E-state index is 13.0. The maximum Gasteiger partial charge on any atom is 0.573 e. The normalized spacial score (nSPS) is 11.6. The SMILES string of the molecule is Nc1c(OC(F)(F)F)cc(Br)c(F)c1Cl. The number of hydrogen-bond acceptors (Lipinski definition) is 2. The number of alkyl halides is 3. The van der Waals surface area contributed by atoms with Crippen LogP contribution in [0.3, 0.4) is 0 Å². The van der Waals surface area contributed by atoms with Crippen LogP contribution in [0.15, 0.2) is 10.5 Å². The van der Waals surface area contributed by atoms with Crippen molar-refractivity contribution in [2.45, 2.75) is 6.36 Å². The molecule has 0 radical (unpaired) electrons. The summed E-state index contributed by atoms with van der Waals surface area (Å²) in [4.78, 5) is 0. The highest BCUT2D eigenvalue weighted by atomic mass is 79.9. The molecular weight excluding hydrogens is 305 g/mol. The molecular formula is C7H3BrClF4NO. The molecule has 0 heterocycles. The highest BCUT2D eigenvalue weighted by molar-refractivity contribution is 9.10. The van der Waals surface area contributed by atoms with Crippen LogP contribution in [0.2, 0.25) is 5.02 Å². The first-order valence-corrected chi connectivity index (χ1v) is 4.58. The van der Waals surface area contributed by atoms with Crippen molar-refractivity contribution < 1.29 is 22.3 Å². The fourth-order valence-electron chi connectivity index (χ4n) is 0.797. The van der Waals surface area contributed by atoms with E-state index in [1.54, 1.807) is 0 Å². The predicted octanol–water partition coefficient (Wildman–Crippen LogP) is 3.72. The van der Waals surface area contributed by atoms with Gasteiger partial charge in [0, 0.05) is 0 Å². The number of anilines is 1. The summed E-state index contributed by atoms with van der Waals surface area (Å²) in [6.45, 7) is 0. The van der Waals surface area contributed by atoms with E-state index in [0.29, 0.717) is 0 Å². The zero-order chi connectivity index (χ0) is 11.8. The summed E-state index contributed by atoms with van der Waals surface area (Å²) < 4.78 is 51.9. The molecule has 1 aromatic carbocycles. The minimum atomic E-state index is -4.91. The van der Waals surface area contributed by atoms with Gasteiger partial charge in [0.2, 0.25) is 0 Å². The Bertz CT molecular complexity index is 396. The third-order valence-electron chi connectivity index (χ3n) is 1.39. The van der Waals surface area contributed by atoms with E-state index < -0.39 is 28.6 Å². The largest absolute Gasteiger partial charge is 0.573 e. The van der Waals surface area contributed by atoms with Gasteiger partial charge >= 0.3 is 6.36 Å². The lowest BCUT2D eigenvalue weighted by molar-refractivity contribution is -0.274. The Morgan fingerprint density at radius 1 is 1.40 bits per heavy atom. The molecule has 2 nitrogen and oxygen atoms in total. The molecule has 0 atom stereocenters. The first kappa shape index (κ1) is 12.4. The summed E-state index contributed by atoms with van der Waals surface area (Å²) in [6.07, 6.45) is -4.91. The van der Waals surface area contributed by atoms with Crippen LogP contribution < -0.4 is 10.5 Å². The van der Waals surface area contributed by atoms with E-state index in [4.69, 9.17) is 17.3 Å². The second-order valence-electron chi connectivity index (χ2n) is 2.45. The van der Waals surface area contributed by atoms with Gasteiger partial charge in [-0.3, -0.25) is 0 Å². The second kappa shape index (κ2) is 4.05. The van der Waals surface area contributed by atoms with E-state index >= 15 is 0 Å². The van der Waals surface area contributed by atoms with Gasteiger partial charge in [0.1, 0.15) is 5.02 Å².